The van der Waals surface area contributed by atoms with Crippen molar-refractivity contribution >= 4 is 46.4 Å². The van der Waals surface area contributed by atoms with E-state index in [4.69, 9.17) is 28.3 Å². The topological polar surface area (TPSA) is 66.4 Å². The number of aliphatic carboxylic acids is 1. The zero-order chi connectivity index (χ0) is 15.4. The molecule has 0 aliphatic heterocycles. The van der Waals surface area contributed by atoms with Gasteiger partial charge in [0.2, 0.25) is 0 Å². The number of rotatable bonds is 5. The third-order valence-corrected chi connectivity index (χ3v) is 4.57. The highest BCUT2D eigenvalue weighted by atomic mass is 35.5. The maximum absolute atomic E-state index is 12.3. The van der Waals surface area contributed by atoms with Crippen molar-refractivity contribution in [3.63, 3.8) is 0 Å². The van der Waals surface area contributed by atoms with E-state index in [0.29, 0.717) is 0 Å². The third kappa shape index (κ3) is 3.97. The fourth-order valence-electron chi connectivity index (χ4n) is 1.80. The first kappa shape index (κ1) is 15.8. The Labute approximate surface area is 135 Å². The van der Waals surface area contributed by atoms with Gasteiger partial charge < -0.3 is 10.4 Å². The number of hydrogen-bond acceptors (Lipinski definition) is 3. The Morgan fingerprint density at radius 2 is 2.00 bits per heavy atom. The molecule has 0 radical (unpaired) electrons. The van der Waals surface area contributed by atoms with Gasteiger partial charge in [-0.25, -0.2) is 0 Å². The monoisotopic (exact) mass is 343 g/mol. The van der Waals surface area contributed by atoms with E-state index in [0.717, 1.165) is 4.88 Å². The summed E-state index contributed by atoms with van der Waals surface area (Å²) in [7, 11) is 0. The van der Waals surface area contributed by atoms with Crippen molar-refractivity contribution in [3.05, 3.63) is 56.2 Å². The number of benzene rings is 1. The van der Waals surface area contributed by atoms with Crippen molar-refractivity contribution in [3.8, 4) is 0 Å². The lowest BCUT2D eigenvalue weighted by Crippen LogP contribution is -2.29. The van der Waals surface area contributed by atoms with Gasteiger partial charge in [-0.15, -0.1) is 11.3 Å². The van der Waals surface area contributed by atoms with Crippen molar-refractivity contribution < 1.29 is 14.7 Å². The second kappa shape index (κ2) is 6.93. The van der Waals surface area contributed by atoms with Crippen LogP contribution in [0.1, 0.15) is 27.7 Å². The van der Waals surface area contributed by atoms with Gasteiger partial charge in [0, 0.05) is 4.88 Å². The number of carboxylic acids is 1. The van der Waals surface area contributed by atoms with Crippen LogP contribution in [0.15, 0.2) is 35.7 Å². The molecule has 1 amide bonds. The molecule has 1 atom stereocenters. The third-order valence-electron chi connectivity index (χ3n) is 2.77. The van der Waals surface area contributed by atoms with Crippen LogP contribution in [0.3, 0.4) is 0 Å². The van der Waals surface area contributed by atoms with Gasteiger partial charge in [0.15, 0.2) is 0 Å². The molecule has 2 aromatic rings. The lowest BCUT2D eigenvalue weighted by molar-refractivity contribution is -0.137. The molecule has 0 saturated heterocycles. The summed E-state index contributed by atoms with van der Waals surface area (Å²) in [6.45, 7) is 0. The molecule has 1 heterocycles. The summed E-state index contributed by atoms with van der Waals surface area (Å²) in [6.07, 6.45) is -0.204. The number of carbonyl (C=O) groups is 2. The zero-order valence-electron chi connectivity index (χ0n) is 10.7. The SMILES string of the molecule is O=C(O)C[C@@H](NC(=O)c1cccc(Cl)c1Cl)c1cccs1. The standard InChI is InChI=1S/C14H11Cl2NO3S/c15-9-4-1-3-8(13(9)16)14(20)17-10(7-12(18)19)11-5-2-6-21-11/h1-6,10H,7H2,(H,17,20)(H,18,19)/t10-/m1/s1. The number of carbonyl (C=O) groups excluding carboxylic acids is 1. The average Bonchev–Trinajstić information content (AvgIpc) is 2.94. The summed E-state index contributed by atoms with van der Waals surface area (Å²) >= 11 is 13.3. The van der Waals surface area contributed by atoms with E-state index in [1.54, 1.807) is 24.3 Å². The highest BCUT2D eigenvalue weighted by molar-refractivity contribution is 7.10. The molecule has 4 nitrogen and oxygen atoms in total. The van der Waals surface area contributed by atoms with Gasteiger partial charge in [-0.05, 0) is 23.6 Å². The number of halogens is 2. The summed E-state index contributed by atoms with van der Waals surface area (Å²) in [5, 5.41) is 13.9. The predicted molar refractivity (Wildman–Crippen MR) is 83.2 cm³/mol. The zero-order valence-corrected chi connectivity index (χ0v) is 13.0. The first-order valence-corrected chi connectivity index (χ1v) is 7.62. The van der Waals surface area contributed by atoms with Crippen molar-refractivity contribution in [1.29, 1.82) is 0 Å². The Balaban J connectivity index is 2.22. The highest BCUT2D eigenvalue weighted by Crippen LogP contribution is 2.27. The van der Waals surface area contributed by atoms with Crippen molar-refractivity contribution in [2.75, 3.05) is 0 Å². The average molecular weight is 344 g/mol. The fraction of sp³-hybridized carbons (Fsp3) is 0.143. The molecule has 0 bridgehead atoms. The molecular formula is C14H11Cl2NO3S. The molecule has 1 aromatic heterocycles. The van der Waals surface area contributed by atoms with Crippen LogP contribution in [0.5, 0.6) is 0 Å². The Bertz CT molecular complexity index is 658. The quantitative estimate of drug-likeness (QED) is 0.862. The first-order valence-electron chi connectivity index (χ1n) is 5.99. The first-order chi connectivity index (χ1) is 9.99. The highest BCUT2D eigenvalue weighted by Gasteiger charge is 2.21. The molecule has 0 saturated carbocycles. The minimum absolute atomic E-state index is 0.150. The van der Waals surface area contributed by atoms with Crippen molar-refractivity contribution in [1.82, 2.24) is 5.32 Å². The number of amides is 1. The Hall–Kier alpha value is -1.56. The molecule has 1 aromatic carbocycles. The Morgan fingerprint density at radius 3 is 2.62 bits per heavy atom. The molecule has 2 N–H and O–H groups in total. The molecule has 0 fully saturated rings. The predicted octanol–water partition coefficient (Wildman–Crippen LogP) is 4.00. The van der Waals surface area contributed by atoms with Gasteiger partial charge in [-0.2, -0.15) is 0 Å². The van der Waals surface area contributed by atoms with Gasteiger partial charge in [0.1, 0.15) is 0 Å². The largest absolute Gasteiger partial charge is 0.481 e. The molecule has 7 heteroatoms. The van der Waals surface area contributed by atoms with E-state index in [2.05, 4.69) is 5.32 Å². The van der Waals surface area contributed by atoms with Crippen LogP contribution >= 0.6 is 34.5 Å². The Morgan fingerprint density at radius 1 is 1.24 bits per heavy atom. The molecule has 110 valence electrons. The van der Waals surface area contributed by atoms with E-state index in [1.165, 1.54) is 17.4 Å². The van der Waals surface area contributed by atoms with Gasteiger partial charge in [0.05, 0.1) is 28.1 Å². The molecule has 2 rings (SSSR count). The van der Waals surface area contributed by atoms with E-state index in [1.807, 2.05) is 5.38 Å². The van der Waals surface area contributed by atoms with E-state index in [-0.39, 0.29) is 22.0 Å². The van der Waals surface area contributed by atoms with Gasteiger partial charge >= 0.3 is 5.97 Å². The number of thiophene rings is 1. The fourth-order valence-corrected chi connectivity index (χ4v) is 2.97. The van der Waals surface area contributed by atoms with Crippen LogP contribution in [0.25, 0.3) is 0 Å². The molecule has 0 aliphatic carbocycles. The molecule has 0 spiro atoms. The van der Waals surface area contributed by atoms with E-state index >= 15 is 0 Å². The van der Waals surface area contributed by atoms with Crippen LogP contribution in [-0.4, -0.2) is 17.0 Å². The minimum atomic E-state index is -0.995. The van der Waals surface area contributed by atoms with Crippen LogP contribution < -0.4 is 5.32 Å². The number of hydrogen-bond donors (Lipinski definition) is 2. The second-order valence-electron chi connectivity index (χ2n) is 4.24. The van der Waals surface area contributed by atoms with Crippen LogP contribution in [-0.2, 0) is 4.79 Å². The molecular weight excluding hydrogens is 333 g/mol. The van der Waals surface area contributed by atoms with Crippen molar-refractivity contribution in [2.45, 2.75) is 12.5 Å². The van der Waals surface area contributed by atoms with Crippen LogP contribution in [0.2, 0.25) is 10.0 Å². The summed E-state index contributed by atoms with van der Waals surface area (Å²) in [4.78, 5) is 24.0. The van der Waals surface area contributed by atoms with Gasteiger partial charge in [-0.1, -0.05) is 35.3 Å². The minimum Gasteiger partial charge on any atom is -0.481 e. The summed E-state index contributed by atoms with van der Waals surface area (Å²) < 4.78 is 0. The smallest absolute Gasteiger partial charge is 0.305 e. The van der Waals surface area contributed by atoms with E-state index in [9.17, 15) is 9.59 Å². The molecule has 0 aliphatic rings. The molecule has 0 unspecified atom stereocenters. The summed E-state index contributed by atoms with van der Waals surface area (Å²) in [5.41, 5.74) is 0.219. The maximum Gasteiger partial charge on any atom is 0.305 e. The van der Waals surface area contributed by atoms with Crippen LogP contribution in [0, 0.1) is 0 Å². The van der Waals surface area contributed by atoms with Gasteiger partial charge in [0.25, 0.3) is 5.91 Å². The number of carboxylic acid groups (broad SMARTS) is 1. The lowest BCUT2D eigenvalue weighted by atomic mass is 10.1. The normalized spacial score (nSPS) is 11.9. The summed E-state index contributed by atoms with van der Waals surface area (Å²) in [5.74, 6) is -1.45. The Kier molecular flexibility index (Phi) is 5.22. The van der Waals surface area contributed by atoms with Crippen molar-refractivity contribution in [2.24, 2.45) is 0 Å². The van der Waals surface area contributed by atoms with Crippen LogP contribution in [0.4, 0.5) is 0 Å². The van der Waals surface area contributed by atoms with Gasteiger partial charge in [-0.3, -0.25) is 9.59 Å². The second-order valence-corrected chi connectivity index (χ2v) is 6.01. The summed E-state index contributed by atoms with van der Waals surface area (Å²) in [6, 6.07) is 7.70. The lowest BCUT2D eigenvalue weighted by Gasteiger charge is -2.16. The number of nitrogens with one attached hydrogen (secondary N) is 1. The maximum atomic E-state index is 12.3. The van der Waals surface area contributed by atoms with E-state index < -0.39 is 17.9 Å². The molecule has 21 heavy (non-hydrogen) atoms.